The molecular weight excluding hydrogens is 320 g/mol. The van der Waals surface area contributed by atoms with Gasteiger partial charge in [0.2, 0.25) is 0 Å². The molecule has 136 valence electrons. The van der Waals surface area contributed by atoms with Crippen LogP contribution in [-0.4, -0.2) is 11.6 Å². The van der Waals surface area contributed by atoms with Gasteiger partial charge in [-0.15, -0.1) is 0 Å². The first-order valence-corrected chi connectivity index (χ1v) is 9.51. The molecule has 0 unspecified atom stereocenters. The van der Waals surface area contributed by atoms with E-state index in [-0.39, 0.29) is 22.4 Å². The van der Waals surface area contributed by atoms with E-state index in [4.69, 9.17) is 0 Å². The molecule has 2 nitrogen and oxygen atoms in total. The SMILES string of the molecule is CCC(C)(C)c1ccc2c(c1)C(=O)c1cc(C(C)(C)CC)ccc1C2=O. The normalized spacial score (nSPS) is 14.2. The smallest absolute Gasteiger partial charge is 0.194 e. The minimum absolute atomic E-state index is 0.0231. The van der Waals surface area contributed by atoms with Gasteiger partial charge in [0.15, 0.2) is 11.6 Å². The molecule has 3 rings (SSSR count). The van der Waals surface area contributed by atoms with Crippen molar-refractivity contribution in [3.63, 3.8) is 0 Å². The van der Waals surface area contributed by atoms with Crippen LogP contribution in [0.3, 0.4) is 0 Å². The molecule has 2 aromatic carbocycles. The molecule has 2 heteroatoms. The lowest BCUT2D eigenvalue weighted by Crippen LogP contribution is -2.25. The van der Waals surface area contributed by atoms with Gasteiger partial charge < -0.3 is 0 Å². The average Bonchev–Trinajstić information content (AvgIpc) is 2.65. The molecule has 0 saturated heterocycles. The Hall–Kier alpha value is -2.22. The second-order valence-electron chi connectivity index (χ2n) is 8.65. The zero-order valence-electron chi connectivity index (χ0n) is 16.7. The third kappa shape index (κ3) is 2.82. The summed E-state index contributed by atoms with van der Waals surface area (Å²) in [5.74, 6) is -0.0755. The third-order valence-corrected chi connectivity index (χ3v) is 6.35. The average molecular weight is 348 g/mol. The van der Waals surface area contributed by atoms with Crippen LogP contribution >= 0.6 is 0 Å². The number of ketones is 2. The fourth-order valence-corrected chi connectivity index (χ4v) is 3.40. The quantitative estimate of drug-likeness (QED) is 0.594. The minimum Gasteiger partial charge on any atom is -0.289 e. The van der Waals surface area contributed by atoms with E-state index in [0.29, 0.717) is 22.3 Å². The van der Waals surface area contributed by atoms with Crippen LogP contribution in [0.15, 0.2) is 36.4 Å². The first kappa shape index (κ1) is 18.6. The summed E-state index contributed by atoms with van der Waals surface area (Å²) in [5, 5.41) is 0. The van der Waals surface area contributed by atoms with Gasteiger partial charge in [0.05, 0.1) is 0 Å². The molecule has 0 atom stereocenters. The number of fused-ring (bicyclic) bond motifs is 2. The van der Waals surface area contributed by atoms with Crippen LogP contribution in [0.5, 0.6) is 0 Å². The Balaban J connectivity index is 2.16. The summed E-state index contributed by atoms with van der Waals surface area (Å²) in [7, 11) is 0. The van der Waals surface area contributed by atoms with Crippen molar-refractivity contribution in [2.45, 2.75) is 65.2 Å². The van der Waals surface area contributed by atoms with Crippen LogP contribution in [0, 0.1) is 0 Å². The van der Waals surface area contributed by atoms with E-state index in [2.05, 4.69) is 41.5 Å². The molecule has 0 aliphatic heterocycles. The molecular formula is C24H28O2. The van der Waals surface area contributed by atoms with E-state index in [9.17, 15) is 9.59 Å². The Morgan fingerprint density at radius 2 is 0.962 bits per heavy atom. The van der Waals surface area contributed by atoms with E-state index in [1.165, 1.54) is 0 Å². The molecule has 1 aliphatic rings. The van der Waals surface area contributed by atoms with Gasteiger partial charge in [0.25, 0.3) is 0 Å². The Morgan fingerprint density at radius 1 is 0.615 bits per heavy atom. The summed E-state index contributed by atoms with van der Waals surface area (Å²) < 4.78 is 0. The molecule has 0 fully saturated rings. The van der Waals surface area contributed by atoms with Gasteiger partial charge in [-0.25, -0.2) is 0 Å². The topological polar surface area (TPSA) is 34.1 Å². The van der Waals surface area contributed by atoms with Crippen molar-refractivity contribution in [3.8, 4) is 0 Å². The highest BCUT2D eigenvalue weighted by Crippen LogP contribution is 2.35. The number of hydrogen-bond donors (Lipinski definition) is 0. The molecule has 0 spiro atoms. The number of carbonyl (C=O) groups excluding carboxylic acids is 2. The lowest BCUT2D eigenvalue weighted by Gasteiger charge is -2.27. The van der Waals surface area contributed by atoms with E-state index in [1.807, 2.05) is 36.4 Å². The van der Waals surface area contributed by atoms with Gasteiger partial charge in [-0.2, -0.15) is 0 Å². The van der Waals surface area contributed by atoms with Crippen LogP contribution < -0.4 is 0 Å². The summed E-state index contributed by atoms with van der Waals surface area (Å²) in [6, 6.07) is 11.5. The van der Waals surface area contributed by atoms with Gasteiger partial charge >= 0.3 is 0 Å². The lowest BCUT2D eigenvalue weighted by molar-refractivity contribution is 0.0978. The standard InChI is InChI=1S/C24H28O2/c1-7-23(3,4)15-9-11-17-19(13-15)22(26)20-14-16(24(5,6)8-2)10-12-18(20)21(17)25/h9-14H,7-8H2,1-6H3. The Bertz CT molecular complexity index is 829. The van der Waals surface area contributed by atoms with Gasteiger partial charge in [0.1, 0.15) is 0 Å². The molecule has 1 aliphatic carbocycles. The van der Waals surface area contributed by atoms with Crippen molar-refractivity contribution >= 4 is 11.6 Å². The third-order valence-electron chi connectivity index (χ3n) is 6.35. The molecule has 0 saturated carbocycles. The maximum atomic E-state index is 13.2. The zero-order chi connectivity index (χ0) is 19.3. The van der Waals surface area contributed by atoms with Crippen LogP contribution in [0.25, 0.3) is 0 Å². The fourth-order valence-electron chi connectivity index (χ4n) is 3.40. The number of benzene rings is 2. The van der Waals surface area contributed by atoms with Crippen molar-refractivity contribution in [2.24, 2.45) is 0 Å². The predicted molar refractivity (Wildman–Crippen MR) is 106 cm³/mol. The van der Waals surface area contributed by atoms with Crippen molar-refractivity contribution < 1.29 is 9.59 Å². The Morgan fingerprint density at radius 3 is 1.31 bits per heavy atom. The summed E-state index contributed by atoms with van der Waals surface area (Å²) >= 11 is 0. The number of rotatable bonds is 4. The molecule has 26 heavy (non-hydrogen) atoms. The maximum absolute atomic E-state index is 13.2. The molecule has 0 bridgehead atoms. The highest BCUT2D eigenvalue weighted by Gasteiger charge is 2.32. The van der Waals surface area contributed by atoms with Gasteiger partial charge in [-0.05, 0) is 59.1 Å². The van der Waals surface area contributed by atoms with Crippen LogP contribution in [0.2, 0.25) is 0 Å². The predicted octanol–water partition coefficient (Wildman–Crippen LogP) is 5.84. The van der Waals surface area contributed by atoms with Crippen molar-refractivity contribution in [2.75, 3.05) is 0 Å². The summed E-state index contributed by atoms with van der Waals surface area (Å²) in [4.78, 5) is 26.2. The highest BCUT2D eigenvalue weighted by atomic mass is 16.1. The molecule has 0 aromatic heterocycles. The Labute approximate surface area is 156 Å². The molecule has 0 N–H and O–H groups in total. The fraction of sp³-hybridized carbons (Fsp3) is 0.417. The van der Waals surface area contributed by atoms with Gasteiger partial charge in [0, 0.05) is 22.3 Å². The zero-order valence-corrected chi connectivity index (χ0v) is 16.7. The first-order valence-electron chi connectivity index (χ1n) is 9.51. The molecule has 2 aromatic rings. The van der Waals surface area contributed by atoms with E-state index < -0.39 is 0 Å². The van der Waals surface area contributed by atoms with E-state index in [1.54, 1.807) is 0 Å². The summed E-state index contributed by atoms with van der Waals surface area (Å²) in [6.07, 6.45) is 1.94. The van der Waals surface area contributed by atoms with E-state index in [0.717, 1.165) is 24.0 Å². The van der Waals surface area contributed by atoms with Crippen LogP contribution in [0.1, 0.15) is 97.4 Å². The number of hydrogen-bond acceptors (Lipinski definition) is 2. The first-order chi connectivity index (χ1) is 12.1. The summed E-state index contributed by atoms with van der Waals surface area (Å²) in [5.41, 5.74) is 4.32. The Kier molecular flexibility index (Phi) is 4.42. The van der Waals surface area contributed by atoms with Gasteiger partial charge in [-0.3, -0.25) is 9.59 Å². The van der Waals surface area contributed by atoms with Crippen LogP contribution in [0.4, 0.5) is 0 Å². The molecule has 0 radical (unpaired) electrons. The monoisotopic (exact) mass is 348 g/mol. The largest absolute Gasteiger partial charge is 0.289 e. The number of carbonyl (C=O) groups is 2. The lowest BCUT2D eigenvalue weighted by atomic mass is 9.75. The second-order valence-corrected chi connectivity index (χ2v) is 8.65. The minimum atomic E-state index is -0.0451. The van der Waals surface area contributed by atoms with Crippen LogP contribution in [-0.2, 0) is 10.8 Å². The second kappa shape index (κ2) is 6.19. The van der Waals surface area contributed by atoms with E-state index >= 15 is 0 Å². The van der Waals surface area contributed by atoms with Gasteiger partial charge in [-0.1, -0.05) is 53.7 Å². The van der Waals surface area contributed by atoms with Crippen molar-refractivity contribution in [1.82, 2.24) is 0 Å². The highest BCUT2D eigenvalue weighted by molar-refractivity contribution is 6.28. The summed E-state index contributed by atoms with van der Waals surface area (Å²) in [6.45, 7) is 12.9. The van der Waals surface area contributed by atoms with Crippen molar-refractivity contribution in [3.05, 3.63) is 69.8 Å². The molecule has 0 heterocycles. The maximum Gasteiger partial charge on any atom is 0.194 e. The molecule has 0 amide bonds. The van der Waals surface area contributed by atoms with Crippen molar-refractivity contribution in [1.29, 1.82) is 0 Å².